The highest BCUT2D eigenvalue weighted by atomic mass is 16.5. The number of piperidine rings is 1. The molecule has 148 valence electrons. The summed E-state index contributed by atoms with van der Waals surface area (Å²) in [6.45, 7) is 3.09. The van der Waals surface area contributed by atoms with Gasteiger partial charge >= 0.3 is 6.03 Å². The maximum absolute atomic E-state index is 12.7. The molecule has 0 radical (unpaired) electrons. The number of urea groups is 1. The second kappa shape index (κ2) is 9.62. The van der Waals surface area contributed by atoms with Crippen molar-refractivity contribution in [3.8, 4) is 5.75 Å². The predicted octanol–water partition coefficient (Wildman–Crippen LogP) is 2.81. The molecule has 0 bridgehead atoms. The number of hydrogen-bond acceptors (Lipinski definition) is 3. The first-order valence-electron chi connectivity index (χ1n) is 10.1. The molecule has 0 aliphatic carbocycles. The fraction of sp³-hybridized carbons (Fsp3) is 0.619. The van der Waals surface area contributed by atoms with Crippen molar-refractivity contribution in [1.29, 1.82) is 0 Å². The first kappa shape index (κ1) is 19.5. The zero-order valence-corrected chi connectivity index (χ0v) is 16.3. The predicted molar refractivity (Wildman–Crippen MR) is 105 cm³/mol. The Labute approximate surface area is 161 Å². The number of hydrogen-bond donors (Lipinski definition) is 1. The van der Waals surface area contributed by atoms with Gasteiger partial charge in [-0.3, -0.25) is 4.79 Å². The molecule has 3 rings (SSSR count). The van der Waals surface area contributed by atoms with Crippen LogP contribution in [-0.4, -0.2) is 61.1 Å². The Morgan fingerprint density at radius 3 is 2.70 bits per heavy atom. The van der Waals surface area contributed by atoms with Crippen molar-refractivity contribution < 1.29 is 14.3 Å². The van der Waals surface area contributed by atoms with Crippen LogP contribution in [0, 0.1) is 0 Å². The lowest BCUT2D eigenvalue weighted by Crippen LogP contribution is -2.50. The highest BCUT2D eigenvalue weighted by molar-refractivity contribution is 5.78. The highest BCUT2D eigenvalue weighted by Crippen LogP contribution is 2.21. The van der Waals surface area contributed by atoms with E-state index in [0.29, 0.717) is 13.0 Å². The van der Waals surface area contributed by atoms with E-state index in [0.717, 1.165) is 63.9 Å². The normalized spacial score (nSPS) is 20.0. The lowest BCUT2D eigenvalue weighted by Gasteiger charge is -2.36. The summed E-state index contributed by atoms with van der Waals surface area (Å²) < 4.78 is 5.17. The molecule has 0 unspecified atom stereocenters. The molecule has 6 heteroatoms. The number of methoxy groups -OCH3 is 1. The number of carbonyl (C=O) groups is 2. The Morgan fingerprint density at radius 1 is 1.19 bits per heavy atom. The molecule has 1 N–H and O–H groups in total. The van der Waals surface area contributed by atoms with Gasteiger partial charge < -0.3 is 19.9 Å². The molecule has 2 aliphatic heterocycles. The third kappa shape index (κ3) is 5.37. The third-order valence-corrected chi connectivity index (χ3v) is 5.64. The molecule has 2 fully saturated rings. The number of amides is 3. The fourth-order valence-electron chi connectivity index (χ4n) is 4.02. The smallest absolute Gasteiger partial charge is 0.317 e. The quantitative estimate of drug-likeness (QED) is 0.799. The van der Waals surface area contributed by atoms with Crippen LogP contribution in [0.25, 0.3) is 0 Å². The molecule has 0 saturated carbocycles. The summed E-state index contributed by atoms with van der Waals surface area (Å²) in [7, 11) is 1.66. The summed E-state index contributed by atoms with van der Waals surface area (Å²) in [5, 5.41) is 3.07. The second-order valence-corrected chi connectivity index (χ2v) is 7.45. The SMILES string of the molecule is COc1ccc(CCNC(=O)N2CCCC[C@H]2CCN2CCCC2=O)cc1. The number of benzene rings is 1. The maximum Gasteiger partial charge on any atom is 0.317 e. The number of nitrogens with zero attached hydrogens (tertiary/aromatic N) is 2. The number of likely N-dealkylation sites (tertiary alicyclic amines) is 2. The summed E-state index contributed by atoms with van der Waals surface area (Å²) >= 11 is 0. The van der Waals surface area contributed by atoms with E-state index in [9.17, 15) is 9.59 Å². The lowest BCUT2D eigenvalue weighted by atomic mass is 9.99. The standard InChI is InChI=1S/C21H31N3O3/c1-27-19-9-7-17(8-10-19)11-13-22-21(26)24-15-3-2-5-18(24)12-16-23-14-4-6-20(23)25/h7-10,18H,2-6,11-16H2,1H3,(H,22,26)/t18-/m0/s1. The molecule has 2 heterocycles. The van der Waals surface area contributed by atoms with Crippen LogP contribution >= 0.6 is 0 Å². The van der Waals surface area contributed by atoms with Crippen LogP contribution in [-0.2, 0) is 11.2 Å². The number of carbonyl (C=O) groups excluding carboxylic acids is 2. The molecular formula is C21H31N3O3. The molecule has 27 heavy (non-hydrogen) atoms. The monoisotopic (exact) mass is 373 g/mol. The summed E-state index contributed by atoms with van der Waals surface area (Å²) in [5.74, 6) is 1.11. The van der Waals surface area contributed by atoms with Gasteiger partial charge in [-0.15, -0.1) is 0 Å². The van der Waals surface area contributed by atoms with Gasteiger partial charge in [-0.2, -0.15) is 0 Å². The van der Waals surface area contributed by atoms with Gasteiger partial charge in [0.1, 0.15) is 5.75 Å². The van der Waals surface area contributed by atoms with Crippen LogP contribution in [0.1, 0.15) is 44.1 Å². The van der Waals surface area contributed by atoms with E-state index < -0.39 is 0 Å². The lowest BCUT2D eigenvalue weighted by molar-refractivity contribution is -0.127. The topological polar surface area (TPSA) is 61.9 Å². The van der Waals surface area contributed by atoms with E-state index in [4.69, 9.17) is 4.74 Å². The second-order valence-electron chi connectivity index (χ2n) is 7.45. The Kier molecular flexibility index (Phi) is 6.96. The number of nitrogens with one attached hydrogen (secondary N) is 1. The van der Waals surface area contributed by atoms with Crippen LogP contribution in [0.3, 0.4) is 0 Å². The van der Waals surface area contributed by atoms with Crippen LogP contribution in [0.15, 0.2) is 24.3 Å². The van der Waals surface area contributed by atoms with Gasteiger partial charge in [-0.05, 0) is 56.2 Å². The fourth-order valence-corrected chi connectivity index (χ4v) is 4.02. The van der Waals surface area contributed by atoms with Gasteiger partial charge in [-0.1, -0.05) is 12.1 Å². The maximum atomic E-state index is 12.7. The summed E-state index contributed by atoms with van der Waals surface area (Å²) in [4.78, 5) is 28.4. The number of ether oxygens (including phenoxy) is 1. The molecule has 0 aromatic heterocycles. The first-order chi connectivity index (χ1) is 13.2. The van der Waals surface area contributed by atoms with Crippen LogP contribution < -0.4 is 10.1 Å². The van der Waals surface area contributed by atoms with Crippen LogP contribution in [0.2, 0.25) is 0 Å². The van der Waals surface area contributed by atoms with Crippen molar-refractivity contribution >= 4 is 11.9 Å². The van der Waals surface area contributed by atoms with Crippen molar-refractivity contribution in [2.24, 2.45) is 0 Å². The molecule has 2 aliphatic rings. The van der Waals surface area contributed by atoms with Gasteiger partial charge in [0.25, 0.3) is 0 Å². The minimum atomic E-state index is 0.0287. The minimum absolute atomic E-state index is 0.0287. The third-order valence-electron chi connectivity index (χ3n) is 5.64. The molecule has 6 nitrogen and oxygen atoms in total. The van der Waals surface area contributed by atoms with E-state index in [-0.39, 0.29) is 18.0 Å². The molecule has 0 spiro atoms. The van der Waals surface area contributed by atoms with Gasteiger partial charge in [-0.25, -0.2) is 4.79 Å². The minimum Gasteiger partial charge on any atom is -0.497 e. The average Bonchev–Trinajstić information content (AvgIpc) is 3.12. The van der Waals surface area contributed by atoms with Crippen molar-refractivity contribution in [2.75, 3.05) is 33.3 Å². The number of rotatable bonds is 7. The first-order valence-corrected chi connectivity index (χ1v) is 10.1. The molecular weight excluding hydrogens is 342 g/mol. The Morgan fingerprint density at radius 2 is 2.00 bits per heavy atom. The molecule has 1 aromatic rings. The van der Waals surface area contributed by atoms with Crippen LogP contribution in [0.4, 0.5) is 4.79 Å². The average molecular weight is 373 g/mol. The van der Waals surface area contributed by atoms with E-state index in [1.165, 1.54) is 5.56 Å². The zero-order chi connectivity index (χ0) is 19.1. The van der Waals surface area contributed by atoms with Gasteiger partial charge in [0.15, 0.2) is 0 Å². The van der Waals surface area contributed by atoms with Gasteiger partial charge in [0.05, 0.1) is 7.11 Å². The van der Waals surface area contributed by atoms with Crippen molar-refractivity contribution in [3.05, 3.63) is 29.8 Å². The van der Waals surface area contributed by atoms with E-state index in [1.807, 2.05) is 34.1 Å². The Hall–Kier alpha value is -2.24. The molecule has 3 amide bonds. The summed E-state index contributed by atoms with van der Waals surface area (Å²) in [6, 6.07) is 8.22. The largest absolute Gasteiger partial charge is 0.497 e. The van der Waals surface area contributed by atoms with Crippen LogP contribution in [0.5, 0.6) is 5.75 Å². The van der Waals surface area contributed by atoms with E-state index >= 15 is 0 Å². The van der Waals surface area contributed by atoms with Crippen molar-refractivity contribution in [2.45, 2.75) is 51.0 Å². The Bertz CT molecular complexity index is 632. The van der Waals surface area contributed by atoms with Gasteiger partial charge in [0.2, 0.25) is 5.91 Å². The van der Waals surface area contributed by atoms with E-state index in [2.05, 4.69) is 5.32 Å². The molecule has 1 atom stereocenters. The molecule has 2 saturated heterocycles. The Balaban J connectivity index is 1.45. The summed E-state index contributed by atoms with van der Waals surface area (Å²) in [5.41, 5.74) is 1.18. The summed E-state index contributed by atoms with van der Waals surface area (Å²) in [6.07, 6.45) is 6.60. The van der Waals surface area contributed by atoms with Gasteiger partial charge in [0, 0.05) is 38.6 Å². The molecule has 1 aromatic carbocycles. The highest BCUT2D eigenvalue weighted by Gasteiger charge is 2.28. The van der Waals surface area contributed by atoms with E-state index in [1.54, 1.807) is 7.11 Å². The van der Waals surface area contributed by atoms with Crippen molar-refractivity contribution in [3.63, 3.8) is 0 Å². The van der Waals surface area contributed by atoms with Crippen molar-refractivity contribution in [1.82, 2.24) is 15.1 Å². The zero-order valence-electron chi connectivity index (χ0n) is 16.3.